The first kappa shape index (κ1) is 17.3. The van der Waals surface area contributed by atoms with Gasteiger partial charge in [-0.3, -0.25) is 19.9 Å². The number of fused-ring (bicyclic) bond motifs is 1. The van der Waals surface area contributed by atoms with Crippen molar-refractivity contribution in [1.82, 2.24) is 0 Å². The van der Waals surface area contributed by atoms with Crippen LogP contribution in [0.2, 0.25) is 0 Å². The topological polar surface area (TPSA) is 92.8 Å². The number of nitro groups is 1. The molecule has 7 heteroatoms. The maximum atomic E-state index is 13.2. The molecule has 2 heterocycles. The minimum absolute atomic E-state index is 0.00243. The Hall–Kier alpha value is -2.15. The van der Waals surface area contributed by atoms with E-state index in [0.717, 1.165) is 36.4 Å². The molecule has 0 spiro atoms. The predicted molar refractivity (Wildman–Crippen MR) is 101 cm³/mol. The largest absolute Gasteiger partial charge is 0.508 e. The molecule has 1 saturated heterocycles. The summed E-state index contributed by atoms with van der Waals surface area (Å²) < 4.78 is 0. The number of carbonyl (C=O) groups is 1. The third-order valence-electron chi connectivity index (χ3n) is 5.59. The van der Waals surface area contributed by atoms with Gasteiger partial charge in [0.2, 0.25) is 0 Å². The molecule has 0 saturated carbocycles. The number of aromatic hydroxyl groups is 1. The molecule has 2 atom stereocenters. The second kappa shape index (κ2) is 5.94. The van der Waals surface area contributed by atoms with Crippen LogP contribution in [-0.2, 0) is 4.79 Å². The zero-order valence-electron chi connectivity index (χ0n) is 14.7. The van der Waals surface area contributed by atoms with Crippen LogP contribution in [0.3, 0.4) is 0 Å². The van der Waals surface area contributed by atoms with Crippen LogP contribution in [0.5, 0.6) is 5.75 Å². The summed E-state index contributed by atoms with van der Waals surface area (Å²) in [5, 5.41) is 21.7. The van der Waals surface area contributed by atoms with E-state index in [1.807, 2.05) is 13.8 Å². The Bertz CT molecular complexity index is 888. The van der Waals surface area contributed by atoms with Gasteiger partial charge in [0.05, 0.1) is 10.2 Å². The summed E-state index contributed by atoms with van der Waals surface area (Å²) in [4.78, 5) is 28.8. The van der Waals surface area contributed by atoms with Crippen LogP contribution < -0.4 is 0 Å². The average molecular weight is 372 g/mol. The summed E-state index contributed by atoms with van der Waals surface area (Å²) in [5.74, 6) is 0.577. The number of hydrogen-bond acceptors (Lipinski definition) is 6. The molecule has 6 nitrogen and oxygen atoms in total. The molecule has 3 aliphatic rings. The SMILES string of the molecule is CC1(C)CCC2=C(C1=O)C(c1cc([N+](=O)[O-])ccc1O)C1SCCC1=N2. The summed E-state index contributed by atoms with van der Waals surface area (Å²) in [7, 11) is 0. The normalized spacial score (nSPS) is 27.0. The maximum absolute atomic E-state index is 13.2. The first-order valence-corrected chi connectivity index (χ1v) is 9.78. The first-order chi connectivity index (χ1) is 12.3. The Labute approximate surface area is 155 Å². The molecule has 1 N–H and O–H groups in total. The van der Waals surface area contributed by atoms with Crippen LogP contribution in [-0.4, -0.2) is 32.5 Å². The van der Waals surface area contributed by atoms with Gasteiger partial charge in [-0.25, -0.2) is 0 Å². The molecule has 0 bridgehead atoms. The molecule has 1 aliphatic carbocycles. The van der Waals surface area contributed by atoms with Crippen LogP contribution in [0.1, 0.15) is 44.6 Å². The third-order valence-corrected chi connectivity index (χ3v) is 6.93. The highest BCUT2D eigenvalue weighted by Gasteiger charge is 2.47. The van der Waals surface area contributed by atoms with Crippen molar-refractivity contribution in [1.29, 1.82) is 0 Å². The van der Waals surface area contributed by atoms with Crippen LogP contribution in [0.4, 0.5) is 5.69 Å². The van der Waals surface area contributed by atoms with Gasteiger partial charge in [0, 0.05) is 46.0 Å². The number of hydrogen-bond donors (Lipinski definition) is 1. The monoisotopic (exact) mass is 372 g/mol. The van der Waals surface area contributed by atoms with Crippen molar-refractivity contribution in [3.63, 3.8) is 0 Å². The Morgan fingerprint density at radius 3 is 2.85 bits per heavy atom. The number of non-ortho nitro benzene ring substituents is 1. The summed E-state index contributed by atoms with van der Waals surface area (Å²) in [6.45, 7) is 3.87. The number of nitro benzene ring substituents is 1. The molecular formula is C19H20N2O4S. The van der Waals surface area contributed by atoms with Crippen molar-refractivity contribution < 1.29 is 14.8 Å². The summed E-state index contributed by atoms with van der Waals surface area (Å²) in [5.41, 5.74) is 2.39. The lowest BCUT2D eigenvalue weighted by Gasteiger charge is -2.38. The number of ketones is 1. The zero-order valence-corrected chi connectivity index (χ0v) is 15.5. The maximum Gasteiger partial charge on any atom is 0.269 e. The van der Waals surface area contributed by atoms with Crippen molar-refractivity contribution in [3.8, 4) is 5.75 Å². The fourth-order valence-corrected chi connectivity index (χ4v) is 5.52. The van der Waals surface area contributed by atoms with Gasteiger partial charge >= 0.3 is 0 Å². The third kappa shape index (κ3) is 2.57. The highest BCUT2D eigenvalue weighted by Crippen LogP contribution is 2.52. The molecule has 0 aromatic heterocycles. The number of allylic oxidation sites excluding steroid dienone is 2. The second-order valence-corrected chi connectivity index (χ2v) is 8.95. The molecule has 26 heavy (non-hydrogen) atoms. The molecular weight excluding hydrogens is 352 g/mol. The van der Waals surface area contributed by atoms with Gasteiger partial charge in [-0.15, -0.1) is 0 Å². The number of phenolic OH excluding ortho intramolecular Hbond substituents is 1. The van der Waals surface area contributed by atoms with Gasteiger partial charge in [-0.2, -0.15) is 11.8 Å². The van der Waals surface area contributed by atoms with Gasteiger partial charge in [-0.1, -0.05) is 13.8 Å². The summed E-state index contributed by atoms with van der Waals surface area (Å²) in [6.07, 6.45) is 2.32. The molecule has 2 aliphatic heterocycles. The Kier molecular flexibility index (Phi) is 3.95. The smallest absolute Gasteiger partial charge is 0.269 e. The number of nitrogens with zero attached hydrogens (tertiary/aromatic N) is 2. The minimum atomic E-state index is -0.482. The number of aliphatic imine (C=N–C) groups is 1. The van der Waals surface area contributed by atoms with Crippen LogP contribution in [0.25, 0.3) is 0 Å². The fourth-order valence-electron chi connectivity index (χ4n) is 4.10. The molecule has 1 fully saturated rings. The van der Waals surface area contributed by atoms with Crippen molar-refractivity contribution in [2.45, 2.75) is 44.3 Å². The summed E-state index contributed by atoms with van der Waals surface area (Å²) in [6, 6.07) is 4.07. The average Bonchev–Trinajstić information content (AvgIpc) is 3.05. The van der Waals surface area contributed by atoms with Gasteiger partial charge < -0.3 is 5.11 Å². The molecule has 4 rings (SSSR count). The van der Waals surface area contributed by atoms with Crippen molar-refractivity contribution >= 4 is 28.9 Å². The standard InChI is InChI=1S/C19H20N2O4S/c1-19(2)7-5-12-16(18(19)23)15(17-13(20-12)6-8-26-17)11-9-10(21(24)25)3-4-14(11)22/h3-4,9,15,17,22H,5-8H2,1-2H3. The lowest BCUT2D eigenvalue weighted by atomic mass is 9.68. The van der Waals surface area contributed by atoms with E-state index >= 15 is 0 Å². The Morgan fingerprint density at radius 2 is 2.12 bits per heavy atom. The number of phenols is 1. The van der Waals surface area contributed by atoms with E-state index in [4.69, 9.17) is 4.99 Å². The quantitative estimate of drug-likeness (QED) is 0.626. The second-order valence-electron chi connectivity index (χ2n) is 7.70. The van der Waals surface area contributed by atoms with Crippen LogP contribution >= 0.6 is 11.8 Å². The van der Waals surface area contributed by atoms with E-state index in [-0.39, 0.29) is 28.4 Å². The lowest BCUT2D eigenvalue weighted by molar-refractivity contribution is -0.385. The van der Waals surface area contributed by atoms with E-state index in [9.17, 15) is 20.0 Å². The van der Waals surface area contributed by atoms with Crippen molar-refractivity contribution in [2.75, 3.05) is 5.75 Å². The summed E-state index contributed by atoms with van der Waals surface area (Å²) >= 11 is 1.71. The predicted octanol–water partition coefficient (Wildman–Crippen LogP) is 3.99. The fraction of sp³-hybridized carbons (Fsp3) is 0.474. The van der Waals surface area contributed by atoms with Crippen LogP contribution in [0, 0.1) is 15.5 Å². The van der Waals surface area contributed by atoms with Gasteiger partial charge in [0.1, 0.15) is 5.75 Å². The van der Waals surface area contributed by atoms with E-state index in [0.29, 0.717) is 11.1 Å². The van der Waals surface area contributed by atoms with E-state index in [2.05, 4.69) is 0 Å². The number of Topliss-reactive ketones (excluding diaryl/α,β-unsaturated/α-hetero) is 1. The zero-order chi connectivity index (χ0) is 18.6. The molecule has 136 valence electrons. The lowest BCUT2D eigenvalue weighted by Crippen LogP contribution is -2.38. The minimum Gasteiger partial charge on any atom is -0.508 e. The Morgan fingerprint density at radius 1 is 1.35 bits per heavy atom. The Balaban J connectivity index is 1.92. The number of benzene rings is 1. The van der Waals surface area contributed by atoms with Crippen molar-refractivity contribution in [2.24, 2.45) is 10.4 Å². The number of thioether (sulfide) groups is 1. The number of carbonyl (C=O) groups excluding carboxylic acids is 1. The molecule has 0 amide bonds. The molecule has 1 aromatic rings. The van der Waals surface area contributed by atoms with E-state index < -0.39 is 10.3 Å². The van der Waals surface area contributed by atoms with Gasteiger partial charge in [-0.05, 0) is 31.1 Å². The van der Waals surface area contributed by atoms with Crippen LogP contribution in [0.15, 0.2) is 34.5 Å². The molecule has 2 unspecified atom stereocenters. The number of rotatable bonds is 2. The van der Waals surface area contributed by atoms with Gasteiger partial charge in [0.15, 0.2) is 5.78 Å². The van der Waals surface area contributed by atoms with Gasteiger partial charge in [0.25, 0.3) is 5.69 Å². The van der Waals surface area contributed by atoms with Crippen molar-refractivity contribution in [3.05, 3.63) is 45.1 Å². The highest BCUT2D eigenvalue weighted by atomic mass is 32.2. The molecule has 1 aromatic carbocycles. The van der Waals surface area contributed by atoms with E-state index in [1.54, 1.807) is 11.8 Å². The van der Waals surface area contributed by atoms with E-state index in [1.165, 1.54) is 18.2 Å². The first-order valence-electron chi connectivity index (χ1n) is 8.74. The molecule has 0 radical (unpaired) electrons. The highest BCUT2D eigenvalue weighted by molar-refractivity contribution is 8.01.